The number of benzene rings is 14. The van der Waals surface area contributed by atoms with Crippen LogP contribution < -0.4 is 26.2 Å². The molecule has 0 fully saturated rings. The SMILES string of the molecule is c1ccc(-c2ccc3c(c2)c2cc(-c4ccccc4)ccc2n3-c2ccc(-c3cc(-c4ccccc4)nc(-c4ccccc4)n3)cc2-c2nc(-c3ccccc3)cc(-c3cccc(-c4cccc(N5c6ccccc6B6c7ccccc7N(c7ccccc7)c7cccc5c76)c4)c3)n2)cc1. The van der Waals surface area contributed by atoms with Crippen molar-refractivity contribution < 1.29 is 0 Å². The molecule has 0 spiro atoms. The van der Waals surface area contributed by atoms with E-state index in [-0.39, 0.29) is 6.71 Å². The fraction of sp³-hybridized carbons (Fsp3) is 0. The maximum absolute atomic E-state index is 5.78. The van der Waals surface area contributed by atoms with Crippen LogP contribution in [0, 0.1) is 0 Å². The van der Waals surface area contributed by atoms with Crippen LogP contribution in [0.3, 0.4) is 0 Å². The summed E-state index contributed by atoms with van der Waals surface area (Å²) in [4.78, 5) is 27.0. The Morgan fingerprint density at radius 2 is 0.590 bits per heavy atom. The smallest absolute Gasteiger partial charge is 0.252 e. The zero-order chi connectivity index (χ0) is 66.0. The molecule has 5 heterocycles. The van der Waals surface area contributed by atoms with E-state index in [1.54, 1.807) is 0 Å². The molecule has 0 aliphatic carbocycles. The number of hydrogen-bond donors (Lipinski definition) is 0. The molecule has 19 rings (SSSR count). The van der Waals surface area contributed by atoms with Crippen molar-refractivity contribution in [2.24, 2.45) is 0 Å². The molecule has 2 aliphatic rings. The third kappa shape index (κ3) is 10.2. The highest BCUT2D eigenvalue weighted by Crippen LogP contribution is 2.46. The average molecular weight is 1270 g/mol. The molecule has 17 aromatic rings. The van der Waals surface area contributed by atoms with Crippen LogP contribution in [0.25, 0.3) is 129 Å². The first-order valence-corrected chi connectivity index (χ1v) is 34.0. The first-order valence-electron chi connectivity index (χ1n) is 34.0. The number of anilines is 6. The number of hydrogen-bond acceptors (Lipinski definition) is 6. The van der Waals surface area contributed by atoms with Gasteiger partial charge in [-0.3, -0.25) is 0 Å². The fourth-order valence-corrected chi connectivity index (χ4v) is 15.2. The molecule has 0 amide bonds. The minimum Gasteiger partial charge on any atom is -0.311 e. The van der Waals surface area contributed by atoms with Crippen LogP contribution in [0.1, 0.15) is 0 Å². The zero-order valence-corrected chi connectivity index (χ0v) is 54.3. The normalized spacial score (nSPS) is 12.1. The van der Waals surface area contributed by atoms with Crippen molar-refractivity contribution in [1.82, 2.24) is 24.5 Å². The predicted molar refractivity (Wildman–Crippen MR) is 415 cm³/mol. The lowest BCUT2D eigenvalue weighted by molar-refractivity contribution is 1.13. The molecule has 466 valence electrons. The molecule has 7 nitrogen and oxygen atoms in total. The Balaban J connectivity index is 0.796. The molecule has 2 aliphatic heterocycles. The van der Waals surface area contributed by atoms with E-state index in [1.807, 2.05) is 24.3 Å². The van der Waals surface area contributed by atoms with E-state index in [0.29, 0.717) is 11.6 Å². The predicted octanol–water partition coefficient (Wildman–Crippen LogP) is 21.4. The van der Waals surface area contributed by atoms with Crippen LogP contribution in [0.4, 0.5) is 34.1 Å². The Morgan fingerprint density at radius 3 is 1.14 bits per heavy atom. The highest BCUT2D eigenvalue weighted by Gasteiger charge is 2.43. The van der Waals surface area contributed by atoms with Crippen molar-refractivity contribution in [1.29, 1.82) is 0 Å². The summed E-state index contributed by atoms with van der Waals surface area (Å²) in [6.07, 6.45) is 0. The van der Waals surface area contributed by atoms with Crippen molar-refractivity contribution in [3.05, 3.63) is 364 Å². The first kappa shape index (κ1) is 58.1. The van der Waals surface area contributed by atoms with Crippen molar-refractivity contribution in [2.45, 2.75) is 0 Å². The van der Waals surface area contributed by atoms with Gasteiger partial charge in [-0.25, -0.2) is 19.9 Å². The van der Waals surface area contributed by atoms with Gasteiger partial charge < -0.3 is 14.4 Å². The van der Waals surface area contributed by atoms with Crippen molar-refractivity contribution >= 4 is 79.0 Å². The van der Waals surface area contributed by atoms with E-state index in [1.165, 1.54) is 33.5 Å². The Morgan fingerprint density at radius 1 is 0.220 bits per heavy atom. The lowest BCUT2D eigenvalue weighted by Gasteiger charge is -2.44. The summed E-state index contributed by atoms with van der Waals surface area (Å²) >= 11 is 0. The minimum atomic E-state index is 0.0438. The van der Waals surface area contributed by atoms with Gasteiger partial charge in [-0.15, -0.1) is 0 Å². The second-order valence-corrected chi connectivity index (χ2v) is 25.7. The van der Waals surface area contributed by atoms with Crippen LogP contribution in [-0.4, -0.2) is 31.2 Å². The number of rotatable bonds is 12. The molecule has 0 bridgehead atoms. The van der Waals surface area contributed by atoms with E-state index in [4.69, 9.17) is 19.9 Å². The quantitative estimate of drug-likeness (QED) is 0.114. The van der Waals surface area contributed by atoms with Gasteiger partial charge in [0.1, 0.15) is 0 Å². The van der Waals surface area contributed by atoms with E-state index >= 15 is 0 Å². The molecule has 0 unspecified atom stereocenters. The minimum absolute atomic E-state index is 0.0438. The van der Waals surface area contributed by atoms with E-state index in [9.17, 15) is 0 Å². The molecule has 0 atom stereocenters. The van der Waals surface area contributed by atoms with E-state index in [2.05, 4.69) is 354 Å². The van der Waals surface area contributed by atoms with Gasteiger partial charge in [0.25, 0.3) is 6.71 Å². The zero-order valence-electron chi connectivity index (χ0n) is 54.3. The molecule has 0 radical (unpaired) electrons. The summed E-state index contributed by atoms with van der Waals surface area (Å²) in [6.45, 7) is 0.0438. The molecular formula is C92H60BN7. The first-order chi connectivity index (χ1) is 49.6. The number of fused-ring (bicyclic) bond motifs is 7. The second-order valence-electron chi connectivity index (χ2n) is 25.7. The molecule has 8 heteroatoms. The van der Waals surface area contributed by atoms with Gasteiger partial charge >= 0.3 is 0 Å². The third-order valence-corrected chi connectivity index (χ3v) is 19.8. The fourth-order valence-electron chi connectivity index (χ4n) is 15.2. The Bertz CT molecular complexity index is 5830. The molecule has 0 N–H and O–H groups in total. The van der Waals surface area contributed by atoms with Crippen LogP contribution in [0.5, 0.6) is 0 Å². The summed E-state index contributed by atoms with van der Waals surface area (Å²) in [5, 5.41) is 2.27. The second kappa shape index (κ2) is 24.4. The van der Waals surface area contributed by atoms with Gasteiger partial charge in [0.15, 0.2) is 11.6 Å². The van der Waals surface area contributed by atoms with Gasteiger partial charge in [-0.1, -0.05) is 261 Å². The highest BCUT2D eigenvalue weighted by atomic mass is 15.2. The molecule has 0 saturated carbocycles. The molecule has 0 saturated heterocycles. The van der Waals surface area contributed by atoms with Crippen LogP contribution in [0.15, 0.2) is 364 Å². The Hall–Kier alpha value is -13.3. The van der Waals surface area contributed by atoms with Gasteiger partial charge in [0.2, 0.25) is 0 Å². The van der Waals surface area contributed by atoms with Crippen molar-refractivity contribution in [2.75, 3.05) is 9.80 Å². The maximum Gasteiger partial charge on any atom is 0.252 e. The van der Waals surface area contributed by atoms with Gasteiger partial charge in [-0.05, 0) is 153 Å². The van der Waals surface area contributed by atoms with Crippen LogP contribution in [-0.2, 0) is 0 Å². The standard InChI is InChI=1S/C92H60BN7/c1-7-26-61(27-8-1)68-48-51-83-74(56-68)75-57-69(62-28-9-2-10-29-62)49-52-84(75)100(83)85-53-50-71(82-59-79(63-30-11-3-12-31-63)94-91(95-82)65-34-15-5-16-35-65)58-76(85)92-96-80(64-32-13-4-14-33-64)60-81(97-92)70-38-23-36-66(54-70)67-37-24-41-73(55-67)99-87-45-22-20-43-78(87)93-77-42-19-21-44-86(77)98(72-39-17-6-18-40-72)88-46-25-47-89(99)90(88)93/h1-60H. The Kier molecular flexibility index (Phi) is 14.2. The number of para-hydroxylation sites is 3. The van der Waals surface area contributed by atoms with Crippen molar-refractivity contribution in [3.8, 4) is 107 Å². The summed E-state index contributed by atoms with van der Waals surface area (Å²) < 4.78 is 2.41. The van der Waals surface area contributed by atoms with Gasteiger partial charge in [-0.2, -0.15) is 0 Å². The highest BCUT2D eigenvalue weighted by molar-refractivity contribution is 7.00. The number of nitrogens with zero attached hydrogens (tertiary/aromatic N) is 7. The molecular weight excluding hydrogens is 1210 g/mol. The monoisotopic (exact) mass is 1270 g/mol. The largest absolute Gasteiger partial charge is 0.311 e. The topological polar surface area (TPSA) is 63.0 Å². The maximum atomic E-state index is 5.78. The third-order valence-electron chi connectivity index (χ3n) is 19.8. The van der Waals surface area contributed by atoms with Gasteiger partial charge in [0.05, 0.1) is 39.5 Å². The van der Waals surface area contributed by atoms with E-state index in [0.717, 1.165) is 134 Å². The number of aromatic nitrogens is 5. The average Bonchev–Trinajstić information content (AvgIpc) is 1.34. The van der Waals surface area contributed by atoms with Gasteiger partial charge in [0, 0.05) is 78.3 Å². The van der Waals surface area contributed by atoms with Crippen LogP contribution >= 0.6 is 0 Å². The molecule has 14 aromatic carbocycles. The molecule has 3 aromatic heterocycles. The summed E-state index contributed by atoms with van der Waals surface area (Å²) in [5.74, 6) is 1.21. The lowest BCUT2D eigenvalue weighted by Crippen LogP contribution is -2.61. The summed E-state index contributed by atoms with van der Waals surface area (Å²) in [5.41, 5.74) is 29.3. The van der Waals surface area contributed by atoms with Crippen LogP contribution in [0.2, 0.25) is 0 Å². The lowest BCUT2D eigenvalue weighted by atomic mass is 9.33. The Labute approximate surface area is 580 Å². The van der Waals surface area contributed by atoms with Crippen molar-refractivity contribution in [3.63, 3.8) is 0 Å². The van der Waals surface area contributed by atoms with E-state index < -0.39 is 0 Å². The summed E-state index contributed by atoms with van der Waals surface area (Å²) in [7, 11) is 0. The summed E-state index contributed by atoms with van der Waals surface area (Å²) in [6, 6.07) is 130. The molecule has 100 heavy (non-hydrogen) atoms.